The minimum Gasteiger partial charge on any atom is -0.462 e. The minimum absolute atomic E-state index is 0.00545. The molecule has 1 N–H and O–H groups in total. The molecular formula is C20H23N5O4. The molecule has 2 aromatic rings. The van der Waals surface area contributed by atoms with Gasteiger partial charge in [0, 0.05) is 39.2 Å². The minimum atomic E-state index is -0.440. The first-order valence-corrected chi connectivity index (χ1v) is 9.39. The predicted molar refractivity (Wildman–Crippen MR) is 106 cm³/mol. The molecule has 9 heteroatoms. The van der Waals surface area contributed by atoms with E-state index in [1.807, 2.05) is 0 Å². The average molecular weight is 397 g/mol. The highest BCUT2D eigenvalue weighted by atomic mass is 16.5. The third-order valence-electron chi connectivity index (χ3n) is 4.58. The third-order valence-corrected chi connectivity index (χ3v) is 4.58. The number of carbonyl (C=O) groups is 3. The van der Waals surface area contributed by atoms with Gasteiger partial charge in [-0.1, -0.05) is 12.1 Å². The van der Waals surface area contributed by atoms with Gasteiger partial charge >= 0.3 is 5.97 Å². The van der Waals surface area contributed by atoms with E-state index in [1.54, 1.807) is 47.1 Å². The van der Waals surface area contributed by atoms with Crippen LogP contribution in [0.5, 0.6) is 0 Å². The number of ether oxygens (including phenoxy) is 1. The Labute approximate surface area is 168 Å². The molecule has 152 valence electrons. The number of amides is 2. The summed E-state index contributed by atoms with van der Waals surface area (Å²) >= 11 is 0. The number of piperazine rings is 1. The summed E-state index contributed by atoms with van der Waals surface area (Å²) in [6.45, 7) is 5.46. The van der Waals surface area contributed by atoms with Crippen LogP contribution >= 0.6 is 0 Å². The van der Waals surface area contributed by atoms with E-state index >= 15 is 0 Å². The fraction of sp³-hybridized carbons (Fsp3) is 0.350. The number of anilines is 2. The second-order valence-corrected chi connectivity index (χ2v) is 6.48. The van der Waals surface area contributed by atoms with Crippen molar-refractivity contribution in [1.82, 2.24) is 19.8 Å². The van der Waals surface area contributed by atoms with Crippen LogP contribution in [-0.2, 0) is 9.53 Å². The van der Waals surface area contributed by atoms with Crippen LogP contribution in [-0.4, -0.2) is 70.3 Å². The van der Waals surface area contributed by atoms with Gasteiger partial charge in [0.1, 0.15) is 17.8 Å². The maximum atomic E-state index is 12.8. The molecule has 29 heavy (non-hydrogen) atoms. The van der Waals surface area contributed by atoms with Gasteiger partial charge in [-0.05, 0) is 19.1 Å². The maximum Gasteiger partial charge on any atom is 0.340 e. The Morgan fingerprint density at radius 2 is 1.76 bits per heavy atom. The number of hydrogen-bond donors (Lipinski definition) is 1. The average Bonchev–Trinajstić information content (AvgIpc) is 2.74. The Morgan fingerprint density at radius 1 is 1.07 bits per heavy atom. The molecule has 0 radical (unpaired) electrons. The summed E-state index contributed by atoms with van der Waals surface area (Å²) in [4.78, 5) is 47.9. The van der Waals surface area contributed by atoms with Gasteiger partial charge < -0.3 is 19.9 Å². The van der Waals surface area contributed by atoms with Gasteiger partial charge in [0.25, 0.3) is 5.91 Å². The zero-order valence-corrected chi connectivity index (χ0v) is 16.4. The lowest BCUT2D eigenvalue weighted by molar-refractivity contribution is -0.130. The molecule has 1 aliphatic rings. The number of esters is 1. The van der Waals surface area contributed by atoms with E-state index in [2.05, 4.69) is 15.3 Å². The Hall–Kier alpha value is -3.49. The number of para-hydroxylation sites is 1. The van der Waals surface area contributed by atoms with Crippen LogP contribution in [0.2, 0.25) is 0 Å². The number of aromatic nitrogens is 2. The van der Waals surface area contributed by atoms with Gasteiger partial charge in [0.2, 0.25) is 5.91 Å². The summed E-state index contributed by atoms with van der Waals surface area (Å²) in [5, 5.41) is 3.06. The summed E-state index contributed by atoms with van der Waals surface area (Å²) in [7, 11) is 0. The summed E-state index contributed by atoms with van der Waals surface area (Å²) < 4.78 is 5.07. The number of nitrogens with one attached hydrogen (secondary N) is 1. The molecular weight excluding hydrogens is 374 g/mol. The molecule has 0 aliphatic carbocycles. The highest BCUT2D eigenvalue weighted by Crippen LogP contribution is 2.21. The normalized spacial score (nSPS) is 13.7. The fourth-order valence-corrected chi connectivity index (χ4v) is 3.05. The van der Waals surface area contributed by atoms with Gasteiger partial charge in [0.15, 0.2) is 0 Å². The Bertz CT molecular complexity index is 909. The van der Waals surface area contributed by atoms with Crippen molar-refractivity contribution in [1.29, 1.82) is 0 Å². The van der Waals surface area contributed by atoms with Gasteiger partial charge in [-0.2, -0.15) is 0 Å². The molecule has 3 rings (SSSR count). The van der Waals surface area contributed by atoms with Crippen LogP contribution in [0.25, 0.3) is 0 Å². The first kappa shape index (κ1) is 20.2. The summed E-state index contributed by atoms with van der Waals surface area (Å²) in [5.41, 5.74) is 1.15. The van der Waals surface area contributed by atoms with Gasteiger partial charge in [0.05, 0.1) is 17.9 Å². The van der Waals surface area contributed by atoms with Crippen molar-refractivity contribution < 1.29 is 19.1 Å². The quantitative estimate of drug-likeness (QED) is 0.766. The third kappa shape index (κ3) is 4.87. The van der Waals surface area contributed by atoms with Crippen molar-refractivity contribution in [3.8, 4) is 0 Å². The number of nitrogens with zero attached hydrogens (tertiary/aromatic N) is 4. The molecule has 2 heterocycles. The molecule has 1 aliphatic heterocycles. The van der Waals surface area contributed by atoms with E-state index < -0.39 is 5.97 Å². The van der Waals surface area contributed by atoms with E-state index in [0.717, 1.165) is 0 Å². The smallest absolute Gasteiger partial charge is 0.340 e. The molecule has 0 unspecified atom stereocenters. The van der Waals surface area contributed by atoms with E-state index in [-0.39, 0.29) is 24.1 Å². The van der Waals surface area contributed by atoms with E-state index in [1.165, 1.54) is 13.3 Å². The lowest BCUT2D eigenvalue weighted by Gasteiger charge is -2.34. The lowest BCUT2D eigenvalue weighted by atomic mass is 10.2. The molecule has 1 saturated heterocycles. The maximum absolute atomic E-state index is 12.8. The van der Waals surface area contributed by atoms with Crippen LogP contribution < -0.4 is 5.32 Å². The molecule has 9 nitrogen and oxygen atoms in total. The molecule has 1 fully saturated rings. The highest BCUT2D eigenvalue weighted by Gasteiger charge is 2.24. The largest absolute Gasteiger partial charge is 0.462 e. The molecule has 1 aromatic heterocycles. The SMILES string of the molecule is CCOC(=O)c1ccccc1Nc1cc(C(=O)N2CCN(C(C)=O)CC2)ncn1. The molecule has 2 amide bonds. The van der Waals surface area contributed by atoms with Crippen LogP contribution in [0.3, 0.4) is 0 Å². The van der Waals surface area contributed by atoms with Crippen LogP contribution in [0, 0.1) is 0 Å². The Balaban J connectivity index is 1.73. The summed E-state index contributed by atoms with van der Waals surface area (Å²) in [6, 6.07) is 8.46. The second kappa shape index (κ2) is 9.13. The first-order chi connectivity index (χ1) is 14.0. The van der Waals surface area contributed by atoms with Gasteiger partial charge in [-0.25, -0.2) is 14.8 Å². The zero-order chi connectivity index (χ0) is 20.8. The standard InChI is InChI=1S/C20H23N5O4/c1-3-29-20(28)15-6-4-5-7-16(15)23-18-12-17(21-13-22-18)19(27)25-10-8-24(9-11-25)14(2)26/h4-7,12-13H,3,8-11H2,1-2H3,(H,21,22,23). The fourth-order valence-electron chi connectivity index (χ4n) is 3.05. The molecule has 0 spiro atoms. The molecule has 0 bridgehead atoms. The topological polar surface area (TPSA) is 105 Å². The van der Waals surface area contributed by atoms with Gasteiger partial charge in [-0.15, -0.1) is 0 Å². The van der Waals surface area contributed by atoms with Crippen molar-refractivity contribution in [2.75, 3.05) is 38.1 Å². The molecule has 0 saturated carbocycles. The Kier molecular flexibility index (Phi) is 6.38. The van der Waals surface area contributed by atoms with Crippen LogP contribution in [0.4, 0.5) is 11.5 Å². The predicted octanol–water partition coefficient (Wildman–Crippen LogP) is 1.70. The van der Waals surface area contributed by atoms with Crippen molar-refractivity contribution in [2.24, 2.45) is 0 Å². The van der Waals surface area contributed by atoms with Gasteiger partial charge in [-0.3, -0.25) is 9.59 Å². The van der Waals surface area contributed by atoms with Crippen molar-refractivity contribution in [3.63, 3.8) is 0 Å². The van der Waals surface area contributed by atoms with Crippen molar-refractivity contribution in [3.05, 3.63) is 47.9 Å². The van der Waals surface area contributed by atoms with Crippen LogP contribution in [0.15, 0.2) is 36.7 Å². The summed E-state index contributed by atoms with van der Waals surface area (Å²) in [5.74, 6) is -0.269. The summed E-state index contributed by atoms with van der Waals surface area (Å²) in [6.07, 6.45) is 1.30. The number of benzene rings is 1. The first-order valence-electron chi connectivity index (χ1n) is 9.39. The monoisotopic (exact) mass is 397 g/mol. The highest BCUT2D eigenvalue weighted by molar-refractivity contribution is 5.97. The number of hydrogen-bond acceptors (Lipinski definition) is 7. The van der Waals surface area contributed by atoms with E-state index in [9.17, 15) is 14.4 Å². The van der Waals surface area contributed by atoms with E-state index in [4.69, 9.17) is 4.74 Å². The lowest BCUT2D eigenvalue weighted by Crippen LogP contribution is -2.50. The molecule has 1 aromatic carbocycles. The van der Waals surface area contributed by atoms with Crippen molar-refractivity contribution >= 4 is 29.3 Å². The Morgan fingerprint density at radius 3 is 2.45 bits per heavy atom. The second-order valence-electron chi connectivity index (χ2n) is 6.48. The van der Waals surface area contributed by atoms with Crippen LogP contribution in [0.1, 0.15) is 34.7 Å². The zero-order valence-electron chi connectivity index (χ0n) is 16.4. The molecule has 0 atom stereocenters. The van der Waals surface area contributed by atoms with Crippen molar-refractivity contribution in [2.45, 2.75) is 13.8 Å². The van der Waals surface area contributed by atoms with E-state index in [0.29, 0.717) is 43.2 Å². The number of carbonyl (C=O) groups excluding carboxylic acids is 3. The number of rotatable bonds is 5.